The molecule has 0 saturated carbocycles. The molecule has 3 heterocycles. The maximum absolute atomic E-state index is 10.5. The molecule has 0 unspecified atom stereocenters. The molecule has 2 fully saturated rings. The summed E-state index contributed by atoms with van der Waals surface area (Å²) in [6, 6.07) is 0. The average Bonchev–Trinajstić information content (AvgIpc) is 3.34. The van der Waals surface area contributed by atoms with E-state index in [1.807, 2.05) is 26.8 Å². The van der Waals surface area contributed by atoms with Crippen molar-refractivity contribution in [3.8, 4) is 0 Å². The summed E-state index contributed by atoms with van der Waals surface area (Å²) in [5.74, 6) is 0. The second kappa shape index (κ2) is 7.84. The largest absolute Gasteiger partial charge is 0.390 e. The molecule has 0 radical (unpaired) electrons. The fourth-order valence-corrected chi connectivity index (χ4v) is 4.36. The first kappa shape index (κ1) is 20.0. The molecule has 3 aliphatic heterocycles. The Hall–Kier alpha value is -1.31. The third-order valence-corrected chi connectivity index (χ3v) is 6.15. The van der Waals surface area contributed by atoms with Gasteiger partial charge in [0.05, 0.1) is 24.0 Å². The van der Waals surface area contributed by atoms with E-state index in [-0.39, 0.29) is 17.8 Å². The number of aliphatic hydroxyl groups excluding tert-OH is 2. The lowest BCUT2D eigenvalue weighted by Gasteiger charge is -2.34. The van der Waals surface area contributed by atoms with Crippen LogP contribution in [-0.2, 0) is 14.2 Å². The Morgan fingerprint density at radius 2 is 2.21 bits per heavy atom. The minimum Gasteiger partial charge on any atom is -0.390 e. The second-order valence-corrected chi connectivity index (χ2v) is 8.23. The number of ether oxygens (including phenoxy) is 3. The third-order valence-electron chi connectivity index (χ3n) is 6.15. The van der Waals surface area contributed by atoms with Gasteiger partial charge in [-0.3, -0.25) is 4.99 Å². The van der Waals surface area contributed by atoms with E-state index in [9.17, 15) is 10.2 Å². The molecule has 154 valence electrons. The van der Waals surface area contributed by atoms with Crippen molar-refractivity contribution in [2.24, 2.45) is 4.99 Å². The standard InChI is InChI=1S/C22H31NO5/c1-4-16(24)18(27-21-8-6-17(25)14(3)26-21)12-13(2)11-15-5-7-19-22(15)20(28-22)9-10-23-19/h5,7,11-12,14,16-18,20-21,24-25H,4,6,8-10H2,1-3H3/b13-12-,15-11+/t14-,16+,17+,18-,20+,21+,22-/m0/s1. The highest BCUT2D eigenvalue weighted by Crippen LogP contribution is 2.52. The number of hydrogen-bond donors (Lipinski definition) is 2. The topological polar surface area (TPSA) is 83.8 Å². The smallest absolute Gasteiger partial charge is 0.161 e. The number of allylic oxidation sites excluding steroid dienone is 2. The minimum atomic E-state index is -0.617. The zero-order valence-corrected chi connectivity index (χ0v) is 16.9. The molecule has 0 amide bonds. The summed E-state index contributed by atoms with van der Waals surface area (Å²) in [5, 5.41) is 20.3. The number of aliphatic imine (C=N–C) groups is 1. The normalized spacial score (nSPS) is 40.7. The van der Waals surface area contributed by atoms with Crippen LogP contribution < -0.4 is 0 Å². The summed E-state index contributed by atoms with van der Waals surface area (Å²) in [4.78, 5) is 4.60. The number of epoxide rings is 1. The predicted octanol–water partition coefficient (Wildman–Crippen LogP) is 2.45. The minimum absolute atomic E-state index is 0.242. The quantitative estimate of drug-likeness (QED) is 0.682. The Bertz CT molecular complexity index is 726. The fourth-order valence-electron chi connectivity index (χ4n) is 4.36. The van der Waals surface area contributed by atoms with Crippen LogP contribution in [0.3, 0.4) is 0 Å². The monoisotopic (exact) mass is 389 g/mol. The summed E-state index contributed by atoms with van der Waals surface area (Å²) in [6.07, 6.45) is 9.04. The highest BCUT2D eigenvalue weighted by molar-refractivity contribution is 6.11. The molecule has 0 aromatic rings. The predicted molar refractivity (Wildman–Crippen MR) is 106 cm³/mol. The van der Waals surface area contributed by atoms with E-state index in [1.54, 1.807) is 0 Å². The molecular weight excluding hydrogens is 358 g/mol. The molecule has 4 rings (SSSR count). The van der Waals surface area contributed by atoms with Crippen LogP contribution in [0.1, 0.15) is 46.5 Å². The first-order chi connectivity index (χ1) is 13.4. The van der Waals surface area contributed by atoms with Gasteiger partial charge in [0.25, 0.3) is 0 Å². The molecule has 7 atom stereocenters. The molecule has 28 heavy (non-hydrogen) atoms. The van der Waals surface area contributed by atoms with E-state index in [0.29, 0.717) is 19.3 Å². The summed E-state index contributed by atoms with van der Waals surface area (Å²) >= 11 is 0. The zero-order chi connectivity index (χ0) is 19.9. The van der Waals surface area contributed by atoms with E-state index in [1.165, 1.54) is 0 Å². The van der Waals surface area contributed by atoms with Gasteiger partial charge in [-0.15, -0.1) is 0 Å². The lowest BCUT2D eigenvalue weighted by Crippen LogP contribution is -2.41. The van der Waals surface area contributed by atoms with Crippen molar-refractivity contribution in [2.75, 3.05) is 6.54 Å². The molecule has 0 aromatic heterocycles. The summed E-state index contributed by atoms with van der Waals surface area (Å²) in [7, 11) is 0. The van der Waals surface area contributed by atoms with Gasteiger partial charge in [-0.25, -0.2) is 0 Å². The maximum Gasteiger partial charge on any atom is 0.161 e. The third kappa shape index (κ3) is 3.64. The van der Waals surface area contributed by atoms with Crippen molar-refractivity contribution in [1.29, 1.82) is 0 Å². The number of hydrogen-bond acceptors (Lipinski definition) is 6. The number of rotatable bonds is 6. The molecular formula is C22H31NO5. The SMILES string of the molecule is CC[C@@H](O)[C@H](/C=C(C)\C=C1/C=CC2=NCC[C@H]3O[C@]213)O[C@@H]1CC[C@@H](O)[C@H](C)O1. The lowest BCUT2D eigenvalue weighted by molar-refractivity contribution is -0.238. The highest BCUT2D eigenvalue weighted by Gasteiger charge is 2.64. The first-order valence-electron chi connectivity index (χ1n) is 10.4. The molecule has 1 aliphatic carbocycles. The van der Waals surface area contributed by atoms with Gasteiger partial charge >= 0.3 is 0 Å². The summed E-state index contributed by atoms with van der Waals surface area (Å²) < 4.78 is 17.8. The highest BCUT2D eigenvalue weighted by atomic mass is 16.7. The summed E-state index contributed by atoms with van der Waals surface area (Å²) in [6.45, 7) is 6.63. The Labute approximate surface area is 166 Å². The van der Waals surface area contributed by atoms with E-state index in [2.05, 4.69) is 23.2 Å². The van der Waals surface area contributed by atoms with Gasteiger partial charge in [-0.05, 0) is 44.8 Å². The van der Waals surface area contributed by atoms with E-state index < -0.39 is 24.6 Å². The molecule has 0 bridgehead atoms. The molecule has 2 saturated heterocycles. The van der Waals surface area contributed by atoms with Gasteiger partial charge in [0.1, 0.15) is 12.2 Å². The van der Waals surface area contributed by atoms with Crippen molar-refractivity contribution in [2.45, 2.75) is 88.9 Å². The molecule has 1 spiro atoms. The van der Waals surface area contributed by atoms with Gasteiger partial charge in [-0.1, -0.05) is 30.7 Å². The molecule has 6 heteroatoms. The fraction of sp³-hybridized carbons (Fsp3) is 0.682. The second-order valence-electron chi connectivity index (χ2n) is 8.23. The average molecular weight is 389 g/mol. The zero-order valence-electron chi connectivity index (χ0n) is 16.9. The van der Waals surface area contributed by atoms with Gasteiger partial charge in [0.15, 0.2) is 11.9 Å². The van der Waals surface area contributed by atoms with Gasteiger partial charge in [-0.2, -0.15) is 0 Å². The van der Waals surface area contributed by atoms with Crippen LogP contribution in [0.25, 0.3) is 0 Å². The molecule has 0 aromatic carbocycles. The van der Waals surface area contributed by atoms with Crippen molar-refractivity contribution >= 4 is 5.71 Å². The number of nitrogens with zero attached hydrogens (tertiary/aromatic N) is 1. The van der Waals surface area contributed by atoms with Crippen LogP contribution in [0, 0.1) is 0 Å². The first-order valence-corrected chi connectivity index (χ1v) is 10.4. The Morgan fingerprint density at radius 3 is 2.96 bits per heavy atom. The van der Waals surface area contributed by atoms with E-state index in [4.69, 9.17) is 14.2 Å². The molecule has 6 nitrogen and oxygen atoms in total. The van der Waals surface area contributed by atoms with Crippen LogP contribution in [0.5, 0.6) is 0 Å². The van der Waals surface area contributed by atoms with E-state index in [0.717, 1.165) is 29.8 Å². The van der Waals surface area contributed by atoms with Crippen LogP contribution in [0.2, 0.25) is 0 Å². The van der Waals surface area contributed by atoms with Crippen molar-refractivity contribution < 1.29 is 24.4 Å². The van der Waals surface area contributed by atoms with Gasteiger partial charge in [0, 0.05) is 13.0 Å². The maximum atomic E-state index is 10.5. The Morgan fingerprint density at radius 1 is 1.39 bits per heavy atom. The molecule has 2 N–H and O–H groups in total. The lowest BCUT2D eigenvalue weighted by atomic mass is 9.91. The van der Waals surface area contributed by atoms with Gasteiger partial charge in [0.2, 0.25) is 0 Å². The Balaban J connectivity index is 1.48. The summed E-state index contributed by atoms with van der Waals surface area (Å²) in [5.41, 5.74) is 2.84. The Kier molecular flexibility index (Phi) is 5.60. The van der Waals surface area contributed by atoms with Crippen LogP contribution in [0.15, 0.2) is 40.4 Å². The van der Waals surface area contributed by atoms with Gasteiger partial charge < -0.3 is 24.4 Å². The van der Waals surface area contributed by atoms with Crippen LogP contribution in [0.4, 0.5) is 0 Å². The molecule has 4 aliphatic rings. The van der Waals surface area contributed by atoms with E-state index >= 15 is 0 Å². The van der Waals surface area contributed by atoms with Crippen molar-refractivity contribution in [3.05, 3.63) is 35.5 Å². The van der Waals surface area contributed by atoms with Crippen LogP contribution in [-0.4, -0.2) is 64.9 Å². The van der Waals surface area contributed by atoms with Crippen molar-refractivity contribution in [1.82, 2.24) is 0 Å². The van der Waals surface area contributed by atoms with Crippen LogP contribution >= 0.6 is 0 Å². The number of aliphatic hydroxyl groups is 2. The van der Waals surface area contributed by atoms with Crippen molar-refractivity contribution in [3.63, 3.8) is 0 Å².